The second-order valence-electron chi connectivity index (χ2n) is 11.5. The molecule has 0 unspecified atom stereocenters. The number of hydrogen-bond acceptors (Lipinski definition) is 0. The quantitative estimate of drug-likeness (QED) is 0.179. The SMILES string of the molecule is [2H]c1c([2H])c([2H])c2c(-c3cccc(-c4cccc5ccccc45)c3)c3c([2H])c(-c4ccc5ccccc5c4)c([2H])c([2H])c3c(-c3ccccc3)c2c1[2H]. The van der Waals surface area contributed by atoms with Crippen LogP contribution in [0.2, 0.25) is 0 Å². The van der Waals surface area contributed by atoms with E-state index in [-0.39, 0.29) is 53.1 Å². The van der Waals surface area contributed by atoms with Gasteiger partial charge in [-0.05, 0) is 106 Å². The first kappa shape index (κ1) is 20.1. The third kappa shape index (κ3) is 4.38. The minimum absolute atomic E-state index is 0.0216. The van der Waals surface area contributed by atoms with Crippen molar-refractivity contribution in [2.75, 3.05) is 0 Å². The van der Waals surface area contributed by atoms with Crippen molar-refractivity contribution in [3.63, 3.8) is 0 Å². The molecule has 0 aliphatic heterocycles. The molecule has 0 aromatic heterocycles. The van der Waals surface area contributed by atoms with Crippen LogP contribution in [0.15, 0.2) is 182 Å². The van der Waals surface area contributed by atoms with Gasteiger partial charge in [0.2, 0.25) is 0 Å². The maximum absolute atomic E-state index is 10.00. The zero-order valence-electron chi connectivity index (χ0n) is 31.8. The molecule has 9 rings (SSSR count). The Hall–Kier alpha value is -5.98. The molecule has 0 N–H and O–H groups in total. The van der Waals surface area contributed by atoms with Crippen molar-refractivity contribution in [3.05, 3.63) is 182 Å². The Bertz CT molecular complexity index is 2960. The Morgan fingerprint density at radius 1 is 0.326 bits per heavy atom. The second kappa shape index (κ2) is 10.9. The molecule has 0 atom stereocenters. The summed E-state index contributed by atoms with van der Waals surface area (Å²) in [7, 11) is 0. The molecule has 0 heteroatoms. The first-order valence-corrected chi connectivity index (χ1v) is 15.4. The van der Waals surface area contributed by atoms with Crippen molar-refractivity contribution < 1.29 is 9.60 Å². The first-order valence-electron chi connectivity index (χ1n) is 18.9. The van der Waals surface area contributed by atoms with E-state index in [1.165, 1.54) is 0 Å². The van der Waals surface area contributed by atoms with Crippen LogP contribution in [-0.4, -0.2) is 0 Å². The zero-order chi connectivity index (χ0) is 36.5. The molecular formula is C46H30. The van der Waals surface area contributed by atoms with Gasteiger partial charge in [-0.3, -0.25) is 0 Å². The van der Waals surface area contributed by atoms with Crippen molar-refractivity contribution in [3.8, 4) is 44.5 Å². The van der Waals surface area contributed by atoms with Gasteiger partial charge in [-0.1, -0.05) is 164 Å². The molecule has 0 nitrogen and oxygen atoms in total. The van der Waals surface area contributed by atoms with E-state index in [0.717, 1.165) is 32.7 Å². The summed E-state index contributed by atoms with van der Waals surface area (Å²) in [6, 6.07) is 43.6. The van der Waals surface area contributed by atoms with Crippen molar-refractivity contribution in [1.82, 2.24) is 0 Å². The van der Waals surface area contributed by atoms with Crippen LogP contribution in [0.25, 0.3) is 87.6 Å². The molecule has 0 aliphatic carbocycles. The van der Waals surface area contributed by atoms with Gasteiger partial charge < -0.3 is 0 Å². The largest absolute Gasteiger partial charge is 0.0636 e. The minimum Gasteiger partial charge on any atom is -0.0622 e. The van der Waals surface area contributed by atoms with E-state index >= 15 is 0 Å². The molecule has 0 aliphatic rings. The minimum atomic E-state index is -0.383. The van der Waals surface area contributed by atoms with Gasteiger partial charge in [0.15, 0.2) is 0 Å². The summed E-state index contributed by atoms with van der Waals surface area (Å²) in [6.07, 6.45) is 0. The summed E-state index contributed by atoms with van der Waals surface area (Å²) < 4.78 is 65.5. The molecule has 0 radical (unpaired) electrons. The second-order valence-corrected chi connectivity index (χ2v) is 11.5. The van der Waals surface area contributed by atoms with E-state index in [4.69, 9.17) is 2.74 Å². The van der Waals surface area contributed by atoms with Gasteiger partial charge in [0.05, 0.1) is 9.60 Å². The Kier molecular flexibility index (Phi) is 4.76. The van der Waals surface area contributed by atoms with Crippen LogP contribution in [0.5, 0.6) is 0 Å². The van der Waals surface area contributed by atoms with Crippen LogP contribution in [0.4, 0.5) is 0 Å². The molecule has 0 saturated carbocycles. The number of rotatable bonds is 4. The normalized spacial score (nSPS) is 13.6. The molecule has 9 aromatic carbocycles. The molecule has 0 spiro atoms. The molecule has 0 bridgehead atoms. The summed E-state index contributed by atoms with van der Waals surface area (Å²) >= 11 is 0. The van der Waals surface area contributed by atoms with Crippen LogP contribution in [0.1, 0.15) is 9.60 Å². The molecule has 0 heterocycles. The van der Waals surface area contributed by atoms with Crippen molar-refractivity contribution in [2.24, 2.45) is 0 Å². The fraction of sp³-hybridized carbons (Fsp3) is 0. The van der Waals surface area contributed by atoms with E-state index in [0.29, 0.717) is 44.2 Å². The van der Waals surface area contributed by atoms with Crippen LogP contribution < -0.4 is 0 Å². The lowest BCUT2D eigenvalue weighted by atomic mass is 9.84. The highest BCUT2D eigenvalue weighted by molar-refractivity contribution is 6.22. The maximum Gasteiger partial charge on any atom is 0.0636 e. The highest BCUT2D eigenvalue weighted by Crippen LogP contribution is 2.45. The average molecular weight is 590 g/mol. The van der Waals surface area contributed by atoms with E-state index in [9.17, 15) is 6.85 Å². The zero-order valence-corrected chi connectivity index (χ0v) is 24.8. The summed E-state index contributed by atoms with van der Waals surface area (Å²) in [6.45, 7) is 0. The maximum atomic E-state index is 10.00. The fourth-order valence-electron chi connectivity index (χ4n) is 6.71. The average Bonchev–Trinajstić information content (AvgIpc) is 3.20. The summed E-state index contributed by atoms with van der Waals surface area (Å²) in [4.78, 5) is 0. The van der Waals surface area contributed by atoms with Crippen LogP contribution in [0.3, 0.4) is 0 Å². The molecule has 0 fully saturated rings. The van der Waals surface area contributed by atoms with Gasteiger partial charge >= 0.3 is 0 Å². The number of fused-ring (bicyclic) bond motifs is 4. The monoisotopic (exact) mass is 589 g/mol. The number of hydrogen-bond donors (Lipinski definition) is 0. The smallest absolute Gasteiger partial charge is 0.0622 e. The molecule has 0 amide bonds. The van der Waals surface area contributed by atoms with E-state index in [1.807, 2.05) is 115 Å². The van der Waals surface area contributed by atoms with Crippen LogP contribution in [-0.2, 0) is 0 Å². The Balaban J connectivity index is 1.50. The highest BCUT2D eigenvalue weighted by atomic mass is 14.2. The Morgan fingerprint density at radius 2 is 0.957 bits per heavy atom. The van der Waals surface area contributed by atoms with Gasteiger partial charge in [0.1, 0.15) is 0 Å². The highest BCUT2D eigenvalue weighted by Gasteiger charge is 2.18. The lowest BCUT2D eigenvalue weighted by Gasteiger charge is -2.19. The summed E-state index contributed by atoms with van der Waals surface area (Å²) in [5, 5.41) is 5.30. The first-order chi connectivity index (χ1) is 25.7. The van der Waals surface area contributed by atoms with Gasteiger partial charge in [0, 0.05) is 0 Å². The standard InChI is InChI=1S/C46H30/c1-2-14-33(15-3-1)45-41-21-8-9-22-42(41)46(38-19-10-18-37(29-38)40-23-11-17-32-13-6-7-20-39(32)40)44-30-36(26-27-43(44)45)35-25-24-31-12-4-5-16-34(31)28-35/h1-30H/i8D,9D,21D,22D,26D,27D,30D. The predicted molar refractivity (Wildman–Crippen MR) is 198 cm³/mol. The van der Waals surface area contributed by atoms with Gasteiger partial charge in [0.25, 0.3) is 0 Å². The molecular weight excluding hydrogens is 553 g/mol. The fourth-order valence-corrected chi connectivity index (χ4v) is 6.71. The van der Waals surface area contributed by atoms with E-state index < -0.39 is 0 Å². The van der Waals surface area contributed by atoms with Crippen molar-refractivity contribution >= 4 is 43.1 Å². The predicted octanol–water partition coefficient (Wildman–Crippen LogP) is 13.0. The van der Waals surface area contributed by atoms with E-state index in [2.05, 4.69) is 24.3 Å². The topological polar surface area (TPSA) is 0 Å². The van der Waals surface area contributed by atoms with Gasteiger partial charge in [-0.15, -0.1) is 0 Å². The van der Waals surface area contributed by atoms with Gasteiger partial charge in [-0.2, -0.15) is 0 Å². The molecule has 214 valence electrons. The Labute approximate surface area is 278 Å². The number of benzene rings is 9. The molecule has 46 heavy (non-hydrogen) atoms. The van der Waals surface area contributed by atoms with Crippen LogP contribution >= 0.6 is 0 Å². The van der Waals surface area contributed by atoms with Crippen LogP contribution in [0, 0.1) is 0 Å². The van der Waals surface area contributed by atoms with Crippen molar-refractivity contribution in [1.29, 1.82) is 0 Å². The summed E-state index contributed by atoms with van der Waals surface area (Å²) in [5.74, 6) is 0. The van der Waals surface area contributed by atoms with Crippen molar-refractivity contribution in [2.45, 2.75) is 0 Å². The third-order valence-electron chi connectivity index (χ3n) is 8.85. The molecule has 0 saturated heterocycles. The van der Waals surface area contributed by atoms with E-state index in [1.54, 1.807) is 0 Å². The lowest BCUT2D eigenvalue weighted by molar-refractivity contribution is 1.62. The third-order valence-corrected chi connectivity index (χ3v) is 8.85. The summed E-state index contributed by atoms with van der Waals surface area (Å²) in [5.41, 5.74) is 4.94. The Morgan fingerprint density at radius 3 is 1.80 bits per heavy atom. The lowest BCUT2D eigenvalue weighted by Crippen LogP contribution is -1.92. The molecule has 9 aromatic rings. The van der Waals surface area contributed by atoms with Gasteiger partial charge in [-0.25, -0.2) is 0 Å².